The normalized spacial score (nSPS) is 15.4. The van der Waals surface area contributed by atoms with Crippen LogP contribution >= 0.6 is 11.6 Å². The number of nitrogens with one attached hydrogen (secondary N) is 1. The quantitative estimate of drug-likeness (QED) is 0.391. The Kier molecular flexibility index (Phi) is 6.28. The number of benzene rings is 3. The van der Waals surface area contributed by atoms with Crippen LogP contribution in [0.25, 0.3) is 0 Å². The highest BCUT2D eigenvalue weighted by Gasteiger charge is 2.35. The van der Waals surface area contributed by atoms with Crippen molar-refractivity contribution >= 4 is 40.5 Å². The molecule has 1 fully saturated rings. The number of nitrogens with zero attached hydrogens (tertiary/aromatic N) is 2. The summed E-state index contributed by atoms with van der Waals surface area (Å²) in [5.74, 6) is 0.122. The number of carbonyl (C=O) groups excluding carboxylic acids is 2. The van der Waals surface area contributed by atoms with E-state index in [1.165, 1.54) is 11.0 Å². The second kappa shape index (κ2) is 9.30. The Bertz CT molecular complexity index is 1210. The number of amides is 2. The summed E-state index contributed by atoms with van der Waals surface area (Å²) in [5, 5.41) is 14.6. The van der Waals surface area contributed by atoms with E-state index in [0.717, 1.165) is 0 Å². The molecule has 0 radical (unpaired) electrons. The van der Waals surface area contributed by atoms with Crippen molar-refractivity contribution in [3.05, 3.63) is 87.4 Å². The molecule has 1 atom stereocenters. The molecular weight excluding hydrogens is 446 g/mol. The van der Waals surface area contributed by atoms with Gasteiger partial charge in [0, 0.05) is 35.3 Å². The molecule has 168 valence electrons. The predicted octanol–water partition coefficient (Wildman–Crippen LogP) is 5.34. The van der Waals surface area contributed by atoms with E-state index >= 15 is 0 Å². The first-order valence-electron chi connectivity index (χ1n) is 10.2. The zero-order chi connectivity index (χ0) is 23.5. The monoisotopic (exact) mass is 465 g/mol. The van der Waals surface area contributed by atoms with Gasteiger partial charge < -0.3 is 15.0 Å². The third-order valence-electron chi connectivity index (χ3n) is 5.37. The van der Waals surface area contributed by atoms with Crippen LogP contribution in [-0.4, -0.2) is 23.3 Å². The van der Waals surface area contributed by atoms with Crippen LogP contribution in [-0.2, 0) is 9.59 Å². The molecule has 3 aromatic rings. The summed E-state index contributed by atoms with van der Waals surface area (Å²) in [5.41, 5.74) is 1.43. The maximum absolute atomic E-state index is 12.7. The highest BCUT2D eigenvalue weighted by molar-refractivity contribution is 6.30. The Balaban J connectivity index is 1.39. The Morgan fingerprint density at radius 2 is 1.73 bits per heavy atom. The van der Waals surface area contributed by atoms with Gasteiger partial charge in [-0.2, -0.15) is 0 Å². The molecular formula is C24H20ClN3O5. The molecule has 0 saturated carbocycles. The van der Waals surface area contributed by atoms with Crippen LogP contribution in [0.1, 0.15) is 12.0 Å². The number of aryl methyl sites for hydroxylation is 1. The Hall–Kier alpha value is -3.91. The Morgan fingerprint density at radius 3 is 2.36 bits per heavy atom. The molecule has 0 bridgehead atoms. The van der Waals surface area contributed by atoms with Gasteiger partial charge in [0.05, 0.1) is 16.5 Å². The largest absolute Gasteiger partial charge is 0.457 e. The second-order valence-electron chi connectivity index (χ2n) is 7.70. The summed E-state index contributed by atoms with van der Waals surface area (Å²) in [4.78, 5) is 37.4. The third-order valence-corrected chi connectivity index (χ3v) is 5.62. The van der Waals surface area contributed by atoms with E-state index in [9.17, 15) is 19.7 Å². The van der Waals surface area contributed by atoms with Crippen molar-refractivity contribution < 1.29 is 19.2 Å². The number of nitro benzene ring substituents is 1. The fourth-order valence-electron chi connectivity index (χ4n) is 3.58. The minimum Gasteiger partial charge on any atom is -0.457 e. The standard InChI is InChI=1S/C24H20ClN3O5/c1-15-2-7-19(13-22(15)28(31)32)27-14-16(12-23(27)29)24(30)26-18-5-10-21(11-6-18)33-20-8-3-17(25)4-9-20/h2-11,13,16H,12,14H2,1H3,(H,26,30)/t16-/m1/s1. The van der Waals surface area contributed by atoms with Crippen molar-refractivity contribution in [2.45, 2.75) is 13.3 Å². The minimum absolute atomic E-state index is 0.0330. The van der Waals surface area contributed by atoms with Crippen molar-refractivity contribution in [3.63, 3.8) is 0 Å². The molecule has 0 aromatic heterocycles. The molecule has 8 nitrogen and oxygen atoms in total. The van der Waals surface area contributed by atoms with Gasteiger partial charge in [0.2, 0.25) is 11.8 Å². The lowest BCUT2D eigenvalue weighted by Gasteiger charge is -2.17. The van der Waals surface area contributed by atoms with Crippen molar-refractivity contribution in [2.24, 2.45) is 5.92 Å². The fraction of sp³-hybridized carbons (Fsp3) is 0.167. The van der Waals surface area contributed by atoms with E-state index in [2.05, 4.69) is 5.32 Å². The summed E-state index contributed by atoms with van der Waals surface area (Å²) in [7, 11) is 0. The summed E-state index contributed by atoms with van der Waals surface area (Å²) < 4.78 is 5.73. The molecule has 33 heavy (non-hydrogen) atoms. The molecule has 3 aromatic carbocycles. The van der Waals surface area contributed by atoms with Crippen LogP contribution in [0.15, 0.2) is 66.7 Å². The first-order valence-corrected chi connectivity index (χ1v) is 10.6. The van der Waals surface area contributed by atoms with E-state index in [0.29, 0.717) is 33.5 Å². The number of anilines is 2. The number of carbonyl (C=O) groups is 2. The van der Waals surface area contributed by atoms with E-state index in [1.807, 2.05) is 0 Å². The van der Waals surface area contributed by atoms with Crippen molar-refractivity contribution in [1.82, 2.24) is 0 Å². The molecule has 1 aliphatic rings. The van der Waals surface area contributed by atoms with Gasteiger partial charge in [-0.3, -0.25) is 19.7 Å². The van der Waals surface area contributed by atoms with Gasteiger partial charge in [-0.1, -0.05) is 17.7 Å². The number of nitro groups is 1. The average Bonchev–Trinajstić information content (AvgIpc) is 3.18. The third kappa shape index (κ3) is 5.12. The van der Waals surface area contributed by atoms with Gasteiger partial charge >= 0.3 is 0 Å². The summed E-state index contributed by atoms with van der Waals surface area (Å²) in [6.07, 6.45) is 0.0330. The van der Waals surface area contributed by atoms with Gasteiger partial charge in [-0.15, -0.1) is 0 Å². The van der Waals surface area contributed by atoms with Crippen LogP contribution in [0.4, 0.5) is 17.1 Å². The van der Waals surface area contributed by atoms with Crippen LogP contribution in [0.5, 0.6) is 11.5 Å². The summed E-state index contributed by atoms with van der Waals surface area (Å²) in [6, 6.07) is 18.5. The number of halogens is 1. The van der Waals surface area contributed by atoms with E-state index in [-0.39, 0.29) is 30.5 Å². The topological polar surface area (TPSA) is 102 Å². The summed E-state index contributed by atoms with van der Waals surface area (Å²) in [6.45, 7) is 1.79. The lowest BCUT2D eigenvalue weighted by Crippen LogP contribution is -2.28. The lowest BCUT2D eigenvalue weighted by atomic mass is 10.1. The molecule has 1 saturated heterocycles. The number of ether oxygens (including phenoxy) is 1. The first kappa shape index (κ1) is 22.3. The highest BCUT2D eigenvalue weighted by atomic mass is 35.5. The Labute approximate surface area is 194 Å². The van der Waals surface area contributed by atoms with E-state index in [1.54, 1.807) is 67.6 Å². The van der Waals surface area contributed by atoms with E-state index in [4.69, 9.17) is 16.3 Å². The van der Waals surface area contributed by atoms with Gasteiger partial charge in [0.25, 0.3) is 5.69 Å². The van der Waals surface area contributed by atoms with E-state index < -0.39 is 10.8 Å². The van der Waals surface area contributed by atoms with Crippen molar-refractivity contribution in [2.75, 3.05) is 16.8 Å². The van der Waals surface area contributed by atoms with Crippen molar-refractivity contribution in [3.8, 4) is 11.5 Å². The second-order valence-corrected chi connectivity index (χ2v) is 8.14. The molecule has 2 amide bonds. The molecule has 0 unspecified atom stereocenters. The summed E-state index contributed by atoms with van der Waals surface area (Å²) >= 11 is 5.87. The molecule has 1 N–H and O–H groups in total. The first-order chi connectivity index (χ1) is 15.8. The molecule has 4 rings (SSSR count). The van der Waals surface area contributed by atoms with Crippen LogP contribution in [0.3, 0.4) is 0 Å². The molecule has 0 aliphatic carbocycles. The molecule has 1 heterocycles. The van der Waals surface area contributed by atoms with Crippen LogP contribution < -0.4 is 15.0 Å². The molecule has 1 aliphatic heterocycles. The minimum atomic E-state index is -0.567. The number of rotatable bonds is 6. The zero-order valence-electron chi connectivity index (χ0n) is 17.7. The van der Waals surface area contributed by atoms with Gasteiger partial charge in [0.1, 0.15) is 11.5 Å². The molecule has 9 heteroatoms. The SMILES string of the molecule is Cc1ccc(N2C[C@H](C(=O)Nc3ccc(Oc4ccc(Cl)cc4)cc3)CC2=O)cc1[N+](=O)[O-]. The maximum atomic E-state index is 12.7. The fourth-order valence-corrected chi connectivity index (χ4v) is 3.71. The smallest absolute Gasteiger partial charge is 0.274 e. The highest BCUT2D eigenvalue weighted by Crippen LogP contribution is 2.31. The molecule has 0 spiro atoms. The van der Waals surface area contributed by atoms with Gasteiger partial charge in [-0.05, 0) is 61.5 Å². The lowest BCUT2D eigenvalue weighted by molar-refractivity contribution is -0.385. The zero-order valence-corrected chi connectivity index (χ0v) is 18.4. The van der Waals surface area contributed by atoms with Crippen LogP contribution in [0, 0.1) is 23.0 Å². The number of hydrogen-bond donors (Lipinski definition) is 1. The number of hydrogen-bond acceptors (Lipinski definition) is 5. The van der Waals surface area contributed by atoms with Gasteiger partial charge in [0.15, 0.2) is 0 Å². The van der Waals surface area contributed by atoms with Crippen LogP contribution in [0.2, 0.25) is 5.02 Å². The predicted molar refractivity (Wildman–Crippen MR) is 125 cm³/mol. The Morgan fingerprint density at radius 1 is 1.09 bits per heavy atom. The van der Waals surface area contributed by atoms with Crippen molar-refractivity contribution in [1.29, 1.82) is 0 Å². The van der Waals surface area contributed by atoms with Gasteiger partial charge in [-0.25, -0.2) is 0 Å². The average molecular weight is 466 g/mol. The maximum Gasteiger partial charge on any atom is 0.274 e.